The zero-order chi connectivity index (χ0) is 18.6. The van der Waals surface area contributed by atoms with Crippen molar-refractivity contribution in [3.05, 3.63) is 77.5 Å². The molecule has 134 valence electrons. The fourth-order valence-corrected chi connectivity index (χ4v) is 2.67. The molecule has 0 aliphatic rings. The Morgan fingerprint density at radius 3 is 2.54 bits per heavy atom. The van der Waals surface area contributed by atoms with Crippen LogP contribution in [0.2, 0.25) is 0 Å². The van der Waals surface area contributed by atoms with E-state index in [1.165, 1.54) is 24.3 Å². The minimum Gasteiger partial charge on any atom is -0.361 e. The molecule has 0 saturated carbocycles. The number of benzene rings is 2. The van der Waals surface area contributed by atoms with Gasteiger partial charge in [0.1, 0.15) is 0 Å². The molecule has 0 radical (unpaired) electrons. The number of amides is 1. The first-order valence-corrected chi connectivity index (χ1v) is 8.11. The van der Waals surface area contributed by atoms with Gasteiger partial charge in [0.15, 0.2) is 0 Å². The van der Waals surface area contributed by atoms with E-state index < -0.39 is 11.7 Å². The van der Waals surface area contributed by atoms with Gasteiger partial charge in [0, 0.05) is 29.7 Å². The highest BCUT2D eigenvalue weighted by Crippen LogP contribution is 2.29. The van der Waals surface area contributed by atoms with Gasteiger partial charge < -0.3 is 10.3 Å². The molecule has 26 heavy (non-hydrogen) atoms. The molecule has 0 saturated heterocycles. The summed E-state index contributed by atoms with van der Waals surface area (Å²) in [5.41, 5.74) is 1.99. The second kappa shape index (κ2) is 7.47. The molecule has 3 rings (SSSR count). The molecule has 0 spiro atoms. The summed E-state index contributed by atoms with van der Waals surface area (Å²) in [5, 5.41) is 3.90. The standard InChI is InChI=1S/C20H17F3N2O/c21-20(22,23)16-8-5-14(6-9-16)7-10-19(26)24-12-11-15-13-25-18-4-2-1-3-17(15)18/h1-10,13,25H,11-12H2,(H,24,26)/b10-7+. The van der Waals surface area contributed by atoms with Gasteiger partial charge in [0.05, 0.1) is 5.56 Å². The van der Waals surface area contributed by atoms with Gasteiger partial charge in [-0.15, -0.1) is 0 Å². The molecular weight excluding hydrogens is 341 g/mol. The van der Waals surface area contributed by atoms with Crippen molar-refractivity contribution < 1.29 is 18.0 Å². The monoisotopic (exact) mass is 358 g/mol. The first-order chi connectivity index (χ1) is 12.4. The number of H-pyrrole nitrogens is 1. The van der Waals surface area contributed by atoms with Crippen molar-refractivity contribution in [2.75, 3.05) is 6.54 Å². The van der Waals surface area contributed by atoms with Crippen LogP contribution >= 0.6 is 0 Å². The Labute approximate surface area is 148 Å². The lowest BCUT2D eigenvalue weighted by molar-refractivity contribution is -0.137. The quantitative estimate of drug-likeness (QED) is 0.646. The maximum atomic E-state index is 12.5. The molecule has 6 heteroatoms. The molecule has 3 nitrogen and oxygen atoms in total. The van der Waals surface area contributed by atoms with Gasteiger partial charge in [-0.2, -0.15) is 13.2 Å². The number of rotatable bonds is 5. The second-order valence-corrected chi connectivity index (χ2v) is 5.85. The molecule has 1 aromatic heterocycles. The molecule has 0 unspecified atom stereocenters. The molecule has 2 aromatic carbocycles. The van der Waals surface area contributed by atoms with Gasteiger partial charge in [-0.3, -0.25) is 4.79 Å². The second-order valence-electron chi connectivity index (χ2n) is 5.85. The van der Waals surface area contributed by atoms with Crippen LogP contribution in [0.15, 0.2) is 60.8 Å². The predicted molar refractivity (Wildman–Crippen MR) is 95.5 cm³/mol. The van der Waals surface area contributed by atoms with E-state index in [4.69, 9.17) is 0 Å². The Bertz CT molecular complexity index is 924. The molecule has 1 amide bonds. The Balaban J connectivity index is 1.51. The Morgan fingerprint density at radius 2 is 1.81 bits per heavy atom. The van der Waals surface area contributed by atoms with E-state index in [9.17, 15) is 18.0 Å². The van der Waals surface area contributed by atoms with Crippen LogP contribution in [-0.4, -0.2) is 17.4 Å². The van der Waals surface area contributed by atoms with Crippen LogP contribution in [0.25, 0.3) is 17.0 Å². The zero-order valence-corrected chi connectivity index (χ0v) is 13.8. The third kappa shape index (κ3) is 4.33. The fourth-order valence-electron chi connectivity index (χ4n) is 2.67. The first-order valence-electron chi connectivity index (χ1n) is 8.11. The van der Waals surface area contributed by atoms with Crippen LogP contribution in [-0.2, 0) is 17.4 Å². The number of aromatic amines is 1. The molecule has 1 heterocycles. The first kappa shape index (κ1) is 17.8. The molecule has 0 atom stereocenters. The van der Waals surface area contributed by atoms with Crippen LogP contribution in [0.1, 0.15) is 16.7 Å². The predicted octanol–water partition coefficient (Wildman–Crippen LogP) is 4.56. The van der Waals surface area contributed by atoms with Crippen molar-refractivity contribution in [3.8, 4) is 0 Å². The SMILES string of the molecule is O=C(/C=C/c1ccc(C(F)(F)F)cc1)NCCc1c[nH]c2ccccc12. The summed E-state index contributed by atoms with van der Waals surface area (Å²) >= 11 is 0. The average molecular weight is 358 g/mol. The molecule has 0 fully saturated rings. The number of alkyl halides is 3. The smallest absolute Gasteiger partial charge is 0.361 e. The number of hydrogen-bond acceptors (Lipinski definition) is 1. The number of aromatic nitrogens is 1. The normalized spacial score (nSPS) is 12.0. The highest BCUT2D eigenvalue weighted by Gasteiger charge is 2.29. The van der Waals surface area contributed by atoms with Gasteiger partial charge in [-0.05, 0) is 41.8 Å². The van der Waals surface area contributed by atoms with Gasteiger partial charge >= 0.3 is 6.18 Å². The summed E-state index contributed by atoms with van der Waals surface area (Å²) < 4.78 is 37.5. The van der Waals surface area contributed by atoms with Crippen LogP contribution in [0.3, 0.4) is 0 Å². The lowest BCUT2D eigenvalue weighted by Gasteiger charge is -2.06. The summed E-state index contributed by atoms with van der Waals surface area (Å²) in [5.74, 6) is -0.287. The highest BCUT2D eigenvalue weighted by atomic mass is 19.4. The van der Waals surface area contributed by atoms with Crippen molar-refractivity contribution in [2.24, 2.45) is 0 Å². The topological polar surface area (TPSA) is 44.9 Å². The number of carbonyl (C=O) groups excluding carboxylic acids is 1. The number of halogens is 3. The molecule has 3 aromatic rings. The maximum absolute atomic E-state index is 12.5. The summed E-state index contributed by atoms with van der Waals surface area (Å²) in [6.07, 6.45) is 1.06. The largest absolute Gasteiger partial charge is 0.416 e. The van der Waals surface area contributed by atoms with Crippen molar-refractivity contribution in [2.45, 2.75) is 12.6 Å². The van der Waals surface area contributed by atoms with Gasteiger partial charge in [0.2, 0.25) is 5.91 Å². The third-order valence-electron chi connectivity index (χ3n) is 4.03. The van der Waals surface area contributed by atoms with E-state index in [1.54, 1.807) is 0 Å². The molecule has 0 bridgehead atoms. The van der Waals surface area contributed by atoms with E-state index in [2.05, 4.69) is 10.3 Å². The van der Waals surface area contributed by atoms with Crippen molar-refractivity contribution >= 4 is 22.9 Å². The molecule has 0 aliphatic heterocycles. The molecule has 0 aliphatic carbocycles. The van der Waals surface area contributed by atoms with Crippen molar-refractivity contribution in [1.29, 1.82) is 0 Å². The van der Waals surface area contributed by atoms with Gasteiger partial charge in [0.25, 0.3) is 0 Å². The van der Waals surface area contributed by atoms with E-state index >= 15 is 0 Å². The van der Waals surface area contributed by atoms with E-state index in [0.29, 0.717) is 18.5 Å². The number of carbonyl (C=O) groups is 1. The van der Waals surface area contributed by atoms with Crippen LogP contribution in [0.4, 0.5) is 13.2 Å². The summed E-state index contributed by atoms with van der Waals surface area (Å²) in [6, 6.07) is 12.6. The van der Waals surface area contributed by atoms with Crippen LogP contribution in [0.5, 0.6) is 0 Å². The van der Waals surface area contributed by atoms with E-state index in [-0.39, 0.29) is 5.91 Å². The van der Waals surface area contributed by atoms with Crippen LogP contribution in [0, 0.1) is 0 Å². The number of para-hydroxylation sites is 1. The Hall–Kier alpha value is -3.02. The van der Waals surface area contributed by atoms with Crippen molar-refractivity contribution in [3.63, 3.8) is 0 Å². The average Bonchev–Trinajstić information content (AvgIpc) is 3.03. The number of nitrogens with one attached hydrogen (secondary N) is 2. The maximum Gasteiger partial charge on any atom is 0.416 e. The summed E-state index contributed by atoms with van der Waals surface area (Å²) in [7, 11) is 0. The number of hydrogen-bond donors (Lipinski definition) is 2. The highest BCUT2D eigenvalue weighted by molar-refractivity contribution is 5.91. The van der Waals surface area contributed by atoms with Gasteiger partial charge in [-0.25, -0.2) is 0 Å². The zero-order valence-electron chi connectivity index (χ0n) is 13.8. The van der Waals surface area contributed by atoms with Crippen LogP contribution < -0.4 is 5.32 Å². The Morgan fingerprint density at radius 1 is 1.08 bits per heavy atom. The molecular formula is C20H17F3N2O. The summed E-state index contributed by atoms with van der Waals surface area (Å²) in [6.45, 7) is 0.470. The third-order valence-corrected chi connectivity index (χ3v) is 4.03. The Kier molecular flexibility index (Phi) is 5.11. The summed E-state index contributed by atoms with van der Waals surface area (Å²) in [4.78, 5) is 15.0. The minimum atomic E-state index is -4.36. The van der Waals surface area contributed by atoms with Crippen molar-refractivity contribution in [1.82, 2.24) is 10.3 Å². The van der Waals surface area contributed by atoms with Gasteiger partial charge in [-0.1, -0.05) is 30.3 Å². The fraction of sp³-hybridized carbons (Fsp3) is 0.150. The number of fused-ring (bicyclic) bond motifs is 1. The molecule has 2 N–H and O–H groups in total. The lowest BCUT2D eigenvalue weighted by Crippen LogP contribution is -2.23. The van der Waals surface area contributed by atoms with E-state index in [1.807, 2.05) is 30.5 Å². The lowest BCUT2D eigenvalue weighted by atomic mass is 10.1. The van der Waals surface area contributed by atoms with E-state index in [0.717, 1.165) is 28.6 Å². The minimum absolute atomic E-state index is 0.287.